The lowest BCUT2D eigenvalue weighted by molar-refractivity contribution is -0.137. The summed E-state index contributed by atoms with van der Waals surface area (Å²) in [4.78, 5) is 18.1. The van der Waals surface area contributed by atoms with E-state index in [1.165, 1.54) is 42.7 Å². The van der Waals surface area contributed by atoms with Crippen molar-refractivity contribution in [2.45, 2.75) is 70.7 Å². The molecule has 196 valence electrons. The molecule has 0 saturated carbocycles. The van der Waals surface area contributed by atoms with Crippen molar-refractivity contribution in [3.63, 3.8) is 0 Å². The van der Waals surface area contributed by atoms with Gasteiger partial charge in [0, 0.05) is 22.9 Å². The van der Waals surface area contributed by atoms with Crippen LogP contribution >= 0.6 is 23.1 Å². The van der Waals surface area contributed by atoms with E-state index in [9.17, 15) is 23.2 Å². The lowest BCUT2D eigenvalue weighted by Gasteiger charge is -2.11. The fourth-order valence-corrected chi connectivity index (χ4v) is 5.91. The predicted molar refractivity (Wildman–Crippen MR) is 147 cm³/mol. The average molecular weight is 546 g/mol. The van der Waals surface area contributed by atoms with Crippen LogP contribution in [-0.4, -0.2) is 10.9 Å². The molecule has 1 amide bonds. The summed E-state index contributed by atoms with van der Waals surface area (Å²) in [5.74, 6) is -0.0428. The number of pyridine rings is 1. The standard InChI is InChI=1S/C28H30F3N3OS2/c1-3-5-7-8-9-11-20-17-33-27-24(23(20)18-36-14-6-4-2)22(16-32)26(37-27)34-25(35)19-12-10-13-21(15-19)28(29,30)31/h6,10,12-15,17H,3-5,7-9,11,18H2,1-2H3,(H,34,35)/b14-6-. The fourth-order valence-electron chi connectivity index (χ4n) is 3.97. The summed E-state index contributed by atoms with van der Waals surface area (Å²) in [6, 6.07) is 6.46. The molecule has 0 aliphatic heterocycles. The minimum atomic E-state index is -4.55. The van der Waals surface area contributed by atoms with Gasteiger partial charge in [-0.15, -0.1) is 11.8 Å². The highest BCUT2D eigenvalue weighted by atomic mass is 32.2. The number of fused-ring (bicyclic) bond motifs is 1. The monoisotopic (exact) mass is 545 g/mol. The number of nitrogens with zero attached hydrogens (tertiary/aromatic N) is 2. The van der Waals surface area contributed by atoms with Crippen LogP contribution in [0.1, 0.15) is 85.0 Å². The van der Waals surface area contributed by atoms with Gasteiger partial charge in [0.05, 0.1) is 11.1 Å². The molecule has 0 spiro atoms. The van der Waals surface area contributed by atoms with Gasteiger partial charge in [0.2, 0.25) is 0 Å². The Morgan fingerprint density at radius 2 is 2.00 bits per heavy atom. The molecule has 0 aliphatic rings. The molecule has 0 atom stereocenters. The summed E-state index contributed by atoms with van der Waals surface area (Å²) >= 11 is 2.81. The Bertz CT molecular complexity index is 1290. The van der Waals surface area contributed by atoms with Gasteiger partial charge in [0.15, 0.2) is 0 Å². The quantitative estimate of drug-likeness (QED) is 0.231. The molecule has 0 unspecified atom stereocenters. The zero-order valence-electron chi connectivity index (χ0n) is 21.0. The third kappa shape index (κ3) is 7.59. The molecule has 0 fully saturated rings. The summed E-state index contributed by atoms with van der Waals surface area (Å²) in [5, 5.41) is 15.8. The molecule has 9 heteroatoms. The van der Waals surface area contributed by atoms with Crippen molar-refractivity contribution in [1.82, 2.24) is 4.98 Å². The first-order chi connectivity index (χ1) is 17.8. The van der Waals surface area contributed by atoms with E-state index in [1.54, 1.807) is 11.8 Å². The fraction of sp³-hybridized carbons (Fsp3) is 0.393. The third-order valence-corrected chi connectivity index (χ3v) is 7.77. The molecule has 2 heterocycles. The van der Waals surface area contributed by atoms with E-state index < -0.39 is 17.6 Å². The number of carbonyl (C=O) groups is 1. The van der Waals surface area contributed by atoms with Crippen molar-refractivity contribution in [2.24, 2.45) is 0 Å². The first-order valence-corrected chi connectivity index (χ1v) is 14.2. The van der Waals surface area contributed by atoms with Gasteiger partial charge in [0.1, 0.15) is 15.9 Å². The number of alkyl halides is 3. The predicted octanol–water partition coefficient (Wildman–Crippen LogP) is 9.11. The van der Waals surface area contributed by atoms with Crippen molar-refractivity contribution >= 4 is 44.2 Å². The van der Waals surface area contributed by atoms with E-state index >= 15 is 0 Å². The molecule has 0 saturated heterocycles. The lowest BCUT2D eigenvalue weighted by Crippen LogP contribution is -2.13. The Morgan fingerprint density at radius 3 is 2.70 bits per heavy atom. The number of thioether (sulfide) groups is 1. The van der Waals surface area contributed by atoms with Crippen molar-refractivity contribution in [3.8, 4) is 6.07 Å². The molecule has 37 heavy (non-hydrogen) atoms. The number of rotatable bonds is 12. The smallest absolute Gasteiger partial charge is 0.312 e. The van der Waals surface area contributed by atoms with Crippen molar-refractivity contribution in [1.29, 1.82) is 5.26 Å². The number of amides is 1. The molecular weight excluding hydrogens is 515 g/mol. The highest BCUT2D eigenvalue weighted by molar-refractivity contribution is 8.01. The van der Waals surface area contributed by atoms with Crippen molar-refractivity contribution in [2.75, 3.05) is 5.32 Å². The number of carbonyl (C=O) groups excluding carboxylic acids is 1. The number of halogens is 3. The molecule has 1 N–H and O–H groups in total. The number of nitriles is 1. The Labute approximate surface area is 224 Å². The number of hydrogen-bond acceptors (Lipinski definition) is 5. The van der Waals surface area contributed by atoms with Crippen molar-refractivity contribution in [3.05, 3.63) is 69.8 Å². The highest BCUT2D eigenvalue weighted by Crippen LogP contribution is 2.39. The topological polar surface area (TPSA) is 65.8 Å². The van der Waals surface area contributed by atoms with E-state index in [1.807, 2.05) is 11.6 Å². The van der Waals surface area contributed by atoms with E-state index in [-0.39, 0.29) is 5.56 Å². The first kappa shape index (κ1) is 28.7. The third-order valence-electron chi connectivity index (χ3n) is 5.91. The van der Waals surface area contributed by atoms with Crippen LogP contribution in [-0.2, 0) is 18.3 Å². The minimum absolute atomic E-state index is 0.127. The largest absolute Gasteiger partial charge is 0.416 e. The van der Waals surface area contributed by atoms with Crippen LogP contribution in [0, 0.1) is 11.3 Å². The normalized spacial score (nSPS) is 11.8. The minimum Gasteiger partial charge on any atom is -0.312 e. The molecule has 4 nitrogen and oxygen atoms in total. The second-order valence-corrected chi connectivity index (χ2v) is 10.5. The highest BCUT2D eigenvalue weighted by Gasteiger charge is 2.31. The van der Waals surface area contributed by atoms with Gasteiger partial charge in [-0.25, -0.2) is 4.98 Å². The second kappa shape index (κ2) is 13.6. The van der Waals surface area contributed by atoms with Gasteiger partial charge < -0.3 is 5.32 Å². The maximum absolute atomic E-state index is 13.1. The maximum Gasteiger partial charge on any atom is 0.416 e. The van der Waals surface area contributed by atoms with Crippen LogP contribution in [0.3, 0.4) is 0 Å². The van der Waals surface area contributed by atoms with Gasteiger partial charge in [-0.3, -0.25) is 4.79 Å². The lowest BCUT2D eigenvalue weighted by atomic mass is 10.00. The SMILES string of the molecule is CC/C=C\SCc1c(CCCCCCC)cnc2sc(NC(=O)c3cccc(C(F)(F)F)c3)c(C#N)c12. The molecule has 2 aromatic heterocycles. The van der Waals surface area contributed by atoms with Crippen LogP contribution in [0.15, 0.2) is 41.9 Å². The number of allylic oxidation sites excluding steroid dienone is 1. The van der Waals surface area contributed by atoms with Crippen LogP contribution < -0.4 is 5.32 Å². The van der Waals surface area contributed by atoms with E-state index in [0.29, 0.717) is 21.1 Å². The Balaban J connectivity index is 1.95. The summed E-state index contributed by atoms with van der Waals surface area (Å²) in [7, 11) is 0. The summed E-state index contributed by atoms with van der Waals surface area (Å²) in [6.45, 7) is 4.25. The molecular formula is C28H30F3N3OS2. The van der Waals surface area contributed by atoms with Crippen LogP contribution in [0.4, 0.5) is 18.2 Å². The van der Waals surface area contributed by atoms with Crippen LogP contribution in [0.2, 0.25) is 0 Å². The molecule has 0 radical (unpaired) electrons. The van der Waals surface area contributed by atoms with E-state index in [4.69, 9.17) is 0 Å². The number of anilines is 1. The van der Waals surface area contributed by atoms with Gasteiger partial charge in [0.25, 0.3) is 5.91 Å². The Kier molecular flexibility index (Phi) is 10.6. The van der Waals surface area contributed by atoms with Gasteiger partial charge in [-0.05, 0) is 54.0 Å². The summed E-state index contributed by atoms with van der Waals surface area (Å²) < 4.78 is 39.3. The zero-order valence-corrected chi connectivity index (χ0v) is 22.6. The first-order valence-electron chi connectivity index (χ1n) is 12.4. The summed E-state index contributed by atoms with van der Waals surface area (Å²) in [6.07, 6.45) is 6.88. The maximum atomic E-state index is 13.1. The molecule has 0 aliphatic carbocycles. The number of nitrogens with one attached hydrogen (secondary N) is 1. The number of unbranched alkanes of at least 4 members (excludes halogenated alkanes) is 4. The second-order valence-electron chi connectivity index (χ2n) is 8.65. The number of aromatic nitrogens is 1. The van der Waals surface area contributed by atoms with Gasteiger partial charge in [-0.1, -0.05) is 63.0 Å². The molecule has 0 bridgehead atoms. The Hall–Kier alpha value is -2.83. The van der Waals surface area contributed by atoms with Gasteiger partial charge >= 0.3 is 6.18 Å². The Morgan fingerprint density at radius 1 is 1.22 bits per heavy atom. The average Bonchev–Trinajstić information content (AvgIpc) is 3.23. The van der Waals surface area contributed by atoms with Gasteiger partial charge in [-0.2, -0.15) is 18.4 Å². The molecule has 3 rings (SSSR count). The number of aryl methyl sites for hydroxylation is 1. The van der Waals surface area contributed by atoms with Crippen LogP contribution in [0.25, 0.3) is 10.2 Å². The number of thiophene rings is 1. The molecule has 1 aromatic carbocycles. The zero-order chi connectivity index (χ0) is 26.8. The number of hydrogen-bond donors (Lipinski definition) is 1. The van der Waals surface area contributed by atoms with E-state index in [2.05, 4.69) is 36.3 Å². The van der Waals surface area contributed by atoms with E-state index in [0.717, 1.165) is 54.3 Å². The summed E-state index contributed by atoms with van der Waals surface area (Å²) in [5.41, 5.74) is 1.39. The van der Waals surface area contributed by atoms with Crippen molar-refractivity contribution < 1.29 is 18.0 Å². The number of benzene rings is 1. The van der Waals surface area contributed by atoms with Crippen LogP contribution in [0.5, 0.6) is 0 Å². The molecule has 3 aromatic rings.